The fraction of sp³-hybridized carbons (Fsp3) is 0.632. The van der Waals surface area contributed by atoms with Crippen molar-refractivity contribution in [3.63, 3.8) is 0 Å². The van der Waals surface area contributed by atoms with Gasteiger partial charge < -0.3 is 15.0 Å². The molecular weight excluding hydrogens is 318 g/mol. The summed E-state index contributed by atoms with van der Waals surface area (Å²) in [6.07, 6.45) is 8.04. The van der Waals surface area contributed by atoms with Crippen molar-refractivity contribution in [1.82, 2.24) is 15.2 Å². The molecule has 0 unspecified atom stereocenters. The van der Waals surface area contributed by atoms with Crippen LogP contribution in [0.4, 0.5) is 0 Å². The number of rotatable bonds is 8. The third-order valence-corrected chi connectivity index (χ3v) is 4.74. The van der Waals surface area contributed by atoms with Crippen molar-refractivity contribution in [2.24, 2.45) is 5.92 Å². The summed E-state index contributed by atoms with van der Waals surface area (Å²) < 4.78 is 4.89. The maximum Gasteiger partial charge on any atom is 0.248 e. The number of hydrogen-bond donors (Lipinski definition) is 1. The number of ether oxygens (including phenoxy) is 1. The molecule has 25 heavy (non-hydrogen) atoms. The van der Waals surface area contributed by atoms with Gasteiger partial charge in [-0.25, -0.2) is 0 Å². The normalized spacial score (nSPS) is 16.5. The van der Waals surface area contributed by atoms with Crippen LogP contribution in [0.1, 0.15) is 50.6 Å². The standard InChI is InChI=1S/C19H29N3O3/c1-3-4-7-17(16-6-5-10-20-13-16)21-19(24)15-8-11-22(12-9-15)18(23)14-25-2/h5-6,10,13,15,17H,3-4,7-9,11-12,14H2,1-2H3,(H,21,24)/t17-/m1/s1. The Kier molecular flexibility index (Phi) is 7.85. The third-order valence-electron chi connectivity index (χ3n) is 4.74. The highest BCUT2D eigenvalue weighted by Crippen LogP contribution is 2.22. The van der Waals surface area contributed by atoms with E-state index in [9.17, 15) is 9.59 Å². The Labute approximate surface area is 150 Å². The number of nitrogens with one attached hydrogen (secondary N) is 1. The van der Waals surface area contributed by atoms with Crippen LogP contribution in [0.5, 0.6) is 0 Å². The number of piperidine rings is 1. The van der Waals surface area contributed by atoms with E-state index in [0.29, 0.717) is 25.9 Å². The summed E-state index contributed by atoms with van der Waals surface area (Å²) in [4.78, 5) is 30.5. The summed E-state index contributed by atoms with van der Waals surface area (Å²) in [5, 5.41) is 3.20. The Morgan fingerprint density at radius 2 is 2.16 bits per heavy atom. The van der Waals surface area contributed by atoms with Crippen LogP contribution in [-0.4, -0.2) is 48.5 Å². The number of nitrogens with zero attached hydrogens (tertiary/aromatic N) is 2. The Bertz CT molecular complexity index is 542. The van der Waals surface area contributed by atoms with Crippen LogP contribution in [-0.2, 0) is 14.3 Å². The first-order valence-corrected chi connectivity index (χ1v) is 9.12. The van der Waals surface area contributed by atoms with E-state index in [1.54, 1.807) is 11.1 Å². The number of methoxy groups -OCH3 is 1. The fourth-order valence-electron chi connectivity index (χ4n) is 3.21. The number of likely N-dealkylation sites (tertiary alicyclic amines) is 1. The SMILES string of the molecule is CCCC[C@@H](NC(=O)C1CCN(C(=O)COC)CC1)c1cccnc1. The molecule has 0 spiro atoms. The highest BCUT2D eigenvalue weighted by Gasteiger charge is 2.28. The van der Waals surface area contributed by atoms with Gasteiger partial charge in [0.15, 0.2) is 0 Å². The first kappa shape index (κ1) is 19.4. The molecule has 1 atom stereocenters. The lowest BCUT2D eigenvalue weighted by molar-refractivity contribution is -0.138. The second-order valence-electron chi connectivity index (χ2n) is 6.58. The Morgan fingerprint density at radius 3 is 2.76 bits per heavy atom. The van der Waals surface area contributed by atoms with E-state index in [1.165, 1.54) is 7.11 Å². The summed E-state index contributed by atoms with van der Waals surface area (Å²) >= 11 is 0. The molecule has 0 bridgehead atoms. The van der Waals surface area contributed by atoms with Crippen molar-refractivity contribution < 1.29 is 14.3 Å². The van der Waals surface area contributed by atoms with Gasteiger partial charge in [-0.15, -0.1) is 0 Å². The molecule has 2 rings (SSSR count). The van der Waals surface area contributed by atoms with Crippen LogP contribution < -0.4 is 5.32 Å². The van der Waals surface area contributed by atoms with Crippen molar-refractivity contribution in [3.8, 4) is 0 Å². The van der Waals surface area contributed by atoms with Gasteiger partial charge in [0.25, 0.3) is 0 Å². The van der Waals surface area contributed by atoms with Crippen molar-refractivity contribution in [2.45, 2.75) is 45.1 Å². The zero-order valence-electron chi connectivity index (χ0n) is 15.2. The van der Waals surface area contributed by atoms with E-state index in [0.717, 1.165) is 24.8 Å². The minimum absolute atomic E-state index is 0.00228. The van der Waals surface area contributed by atoms with Gasteiger partial charge in [-0.3, -0.25) is 14.6 Å². The molecule has 1 aromatic rings. The van der Waals surface area contributed by atoms with E-state index in [4.69, 9.17) is 4.74 Å². The molecule has 2 amide bonds. The van der Waals surface area contributed by atoms with E-state index in [1.807, 2.05) is 18.3 Å². The molecule has 1 aromatic heterocycles. The number of carbonyl (C=O) groups is 2. The van der Waals surface area contributed by atoms with Gasteiger partial charge in [-0.05, 0) is 30.9 Å². The van der Waals surface area contributed by atoms with Crippen LogP contribution in [0.3, 0.4) is 0 Å². The summed E-state index contributed by atoms with van der Waals surface area (Å²) in [6, 6.07) is 3.93. The molecule has 6 heteroatoms. The lowest BCUT2D eigenvalue weighted by Crippen LogP contribution is -2.44. The first-order valence-electron chi connectivity index (χ1n) is 9.12. The van der Waals surface area contributed by atoms with Gasteiger partial charge in [0, 0.05) is 38.5 Å². The minimum Gasteiger partial charge on any atom is -0.375 e. The van der Waals surface area contributed by atoms with Crippen LogP contribution in [0, 0.1) is 5.92 Å². The van der Waals surface area contributed by atoms with Crippen molar-refractivity contribution in [2.75, 3.05) is 26.8 Å². The molecule has 1 saturated heterocycles. The van der Waals surface area contributed by atoms with Crippen molar-refractivity contribution >= 4 is 11.8 Å². The second-order valence-corrected chi connectivity index (χ2v) is 6.58. The lowest BCUT2D eigenvalue weighted by Gasteiger charge is -2.32. The smallest absolute Gasteiger partial charge is 0.248 e. The molecular formula is C19H29N3O3. The zero-order chi connectivity index (χ0) is 18.1. The number of hydrogen-bond acceptors (Lipinski definition) is 4. The Balaban J connectivity index is 1.90. The van der Waals surface area contributed by atoms with Crippen LogP contribution in [0.25, 0.3) is 0 Å². The molecule has 0 saturated carbocycles. The average Bonchev–Trinajstić information content (AvgIpc) is 2.66. The van der Waals surface area contributed by atoms with E-state index >= 15 is 0 Å². The third kappa shape index (κ3) is 5.81. The van der Waals surface area contributed by atoms with E-state index < -0.39 is 0 Å². The largest absolute Gasteiger partial charge is 0.375 e. The second kappa shape index (κ2) is 10.1. The summed E-state index contributed by atoms with van der Waals surface area (Å²) in [6.45, 7) is 3.49. The molecule has 1 fully saturated rings. The summed E-state index contributed by atoms with van der Waals surface area (Å²) in [5.74, 6) is 0.0497. The highest BCUT2D eigenvalue weighted by molar-refractivity contribution is 5.80. The van der Waals surface area contributed by atoms with Gasteiger partial charge in [0.05, 0.1) is 6.04 Å². The predicted molar refractivity (Wildman–Crippen MR) is 95.8 cm³/mol. The number of amides is 2. The zero-order valence-corrected chi connectivity index (χ0v) is 15.2. The highest BCUT2D eigenvalue weighted by atomic mass is 16.5. The lowest BCUT2D eigenvalue weighted by atomic mass is 9.94. The number of unbranched alkanes of at least 4 members (excludes halogenated alkanes) is 1. The average molecular weight is 347 g/mol. The maximum atomic E-state index is 12.7. The van der Waals surface area contributed by atoms with Gasteiger partial charge in [-0.2, -0.15) is 0 Å². The molecule has 2 heterocycles. The monoisotopic (exact) mass is 347 g/mol. The van der Waals surface area contributed by atoms with Crippen LogP contribution >= 0.6 is 0 Å². The molecule has 0 aromatic carbocycles. The van der Waals surface area contributed by atoms with Crippen LogP contribution in [0.2, 0.25) is 0 Å². The molecule has 138 valence electrons. The molecule has 0 aliphatic carbocycles. The Morgan fingerprint density at radius 1 is 1.40 bits per heavy atom. The van der Waals surface area contributed by atoms with Gasteiger partial charge in [0.2, 0.25) is 11.8 Å². The summed E-state index contributed by atoms with van der Waals surface area (Å²) in [5.41, 5.74) is 1.05. The topological polar surface area (TPSA) is 71.5 Å². The molecule has 1 N–H and O–H groups in total. The molecule has 6 nitrogen and oxygen atoms in total. The van der Waals surface area contributed by atoms with Crippen molar-refractivity contribution in [3.05, 3.63) is 30.1 Å². The van der Waals surface area contributed by atoms with Crippen molar-refractivity contribution in [1.29, 1.82) is 0 Å². The van der Waals surface area contributed by atoms with Gasteiger partial charge in [0.1, 0.15) is 6.61 Å². The van der Waals surface area contributed by atoms with Gasteiger partial charge in [-0.1, -0.05) is 25.8 Å². The minimum atomic E-state index is -0.0348. The van der Waals surface area contributed by atoms with E-state index in [2.05, 4.69) is 17.2 Å². The fourth-order valence-corrected chi connectivity index (χ4v) is 3.21. The molecule has 1 aliphatic heterocycles. The van der Waals surface area contributed by atoms with Gasteiger partial charge >= 0.3 is 0 Å². The van der Waals surface area contributed by atoms with Crippen LogP contribution in [0.15, 0.2) is 24.5 Å². The maximum absolute atomic E-state index is 12.7. The molecule has 0 radical (unpaired) electrons. The first-order chi connectivity index (χ1) is 12.2. The number of aromatic nitrogens is 1. The number of pyridine rings is 1. The molecule has 1 aliphatic rings. The van der Waals surface area contributed by atoms with E-state index in [-0.39, 0.29) is 30.4 Å². The summed E-state index contributed by atoms with van der Waals surface area (Å²) in [7, 11) is 1.52. The Hall–Kier alpha value is -1.95. The number of carbonyl (C=O) groups excluding carboxylic acids is 2. The predicted octanol–water partition coefficient (Wildman–Crippen LogP) is 2.31. The quantitative estimate of drug-likeness (QED) is 0.783.